The van der Waals surface area contributed by atoms with Gasteiger partial charge in [-0.05, 0) is 18.2 Å². The maximum absolute atomic E-state index is 12.1. The summed E-state index contributed by atoms with van der Waals surface area (Å²) in [5.74, 6) is 0. The van der Waals surface area contributed by atoms with E-state index in [1.807, 2.05) is 0 Å². The highest BCUT2D eigenvalue weighted by Crippen LogP contribution is 2.28. The zero-order chi connectivity index (χ0) is 12.6. The first kappa shape index (κ1) is 12.6. The van der Waals surface area contributed by atoms with Crippen LogP contribution in [-0.4, -0.2) is 38.9 Å². The van der Waals surface area contributed by atoms with Crippen LogP contribution in [-0.2, 0) is 10.2 Å². The smallest absolute Gasteiger partial charge is 0.304 e. The summed E-state index contributed by atoms with van der Waals surface area (Å²) in [6.07, 6.45) is 0. The topological polar surface area (TPSA) is 66.6 Å². The van der Waals surface area contributed by atoms with Crippen molar-refractivity contribution in [2.24, 2.45) is 5.73 Å². The Morgan fingerprint density at radius 3 is 2.76 bits per heavy atom. The molecular weight excluding hydrogens is 262 g/mol. The highest BCUT2D eigenvalue weighted by molar-refractivity contribution is 7.90. The predicted molar refractivity (Wildman–Crippen MR) is 68.3 cm³/mol. The summed E-state index contributed by atoms with van der Waals surface area (Å²) < 4.78 is 26.9. The Balaban J connectivity index is 2.41. The van der Waals surface area contributed by atoms with Crippen LogP contribution < -0.4 is 10.0 Å². The minimum Gasteiger partial charge on any atom is -0.329 e. The van der Waals surface area contributed by atoms with Crippen LogP contribution in [0.5, 0.6) is 0 Å². The third-order valence-electron chi connectivity index (χ3n) is 2.90. The first-order chi connectivity index (χ1) is 7.96. The number of halogens is 1. The molecule has 0 radical (unpaired) electrons. The van der Waals surface area contributed by atoms with Crippen LogP contribution >= 0.6 is 11.6 Å². The Morgan fingerprint density at radius 2 is 2.24 bits per heavy atom. The second-order valence-corrected chi connectivity index (χ2v) is 6.27. The summed E-state index contributed by atoms with van der Waals surface area (Å²) in [4.78, 5) is 0. The number of nitrogens with two attached hydrogens (primary N) is 1. The van der Waals surface area contributed by atoms with Gasteiger partial charge >= 0.3 is 10.2 Å². The number of benzene rings is 1. The van der Waals surface area contributed by atoms with Crippen molar-refractivity contribution in [3.8, 4) is 0 Å². The van der Waals surface area contributed by atoms with Crippen LogP contribution in [0.15, 0.2) is 24.3 Å². The van der Waals surface area contributed by atoms with Gasteiger partial charge in [-0.25, -0.2) is 0 Å². The molecular formula is C10H14ClN3O2S. The Bertz CT molecular complexity index is 520. The van der Waals surface area contributed by atoms with Crippen molar-refractivity contribution in [3.05, 3.63) is 29.3 Å². The van der Waals surface area contributed by atoms with Gasteiger partial charge in [-0.1, -0.05) is 17.7 Å². The lowest BCUT2D eigenvalue weighted by Gasteiger charge is -2.17. The number of nitrogens with zero attached hydrogens (tertiary/aromatic N) is 2. The standard InChI is InChI=1S/C10H14ClN3O2S/c1-13-10(6-12)7-14(17(13,15)16)9-4-2-3-8(11)5-9/h2-5,10H,6-7,12H2,1H3. The van der Waals surface area contributed by atoms with E-state index in [1.54, 1.807) is 24.3 Å². The van der Waals surface area contributed by atoms with Gasteiger partial charge in [0.05, 0.1) is 18.3 Å². The van der Waals surface area contributed by atoms with Gasteiger partial charge in [0.2, 0.25) is 0 Å². The predicted octanol–water partition coefficient (Wildman–Crippen LogP) is 0.664. The molecule has 2 rings (SSSR count). The van der Waals surface area contributed by atoms with E-state index in [0.717, 1.165) is 0 Å². The maximum Gasteiger partial charge on any atom is 0.304 e. The van der Waals surface area contributed by atoms with E-state index in [4.69, 9.17) is 17.3 Å². The molecule has 0 aliphatic carbocycles. The Labute approximate surface area is 106 Å². The van der Waals surface area contributed by atoms with Crippen molar-refractivity contribution in [1.29, 1.82) is 0 Å². The molecule has 5 nitrogen and oxygen atoms in total. The molecule has 1 aromatic rings. The molecule has 7 heteroatoms. The Hall–Kier alpha value is -0.820. The van der Waals surface area contributed by atoms with Crippen LogP contribution in [0, 0.1) is 0 Å². The van der Waals surface area contributed by atoms with E-state index >= 15 is 0 Å². The van der Waals surface area contributed by atoms with Crippen molar-refractivity contribution >= 4 is 27.5 Å². The molecule has 2 N–H and O–H groups in total. The quantitative estimate of drug-likeness (QED) is 0.862. The monoisotopic (exact) mass is 275 g/mol. The minimum absolute atomic E-state index is 0.195. The maximum atomic E-state index is 12.1. The van der Waals surface area contributed by atoms with Crippen molar-refractivity contribution in [3.63, 3.8) is 0 Å². The van der Waals surface area contributed by atoms with E-state index in [1.165, 1.54) is 15.7 Å². The molecule has 0 bridgehead atoms. The molecule has 1 aliphatic rings. The Morgan fingerprint density at radius 1 is 1.53 bits per heavy atom. The largest absolute Gasteiger partial charge is 0.329 e. The van der Waals surface area contributed by atoms with Crippen molar-refractivity contribution in [2.75, 3.05) is 24.4 Å². The SMILES string of the molecule is CN1C(CN)CN(c2cccc(Cl)c2)S1(=O)=O. The van der Waals surface area contributed by atoms with E-state index < -0.39 is 10.2 Å². The molecule has 94 valence electrons. The molecule has 1 atom stereocenters. The second-order valence-electron chi connectivity index (χ2n) is 3.92. The van der Waals surface area contributed by atoms with Crippen LogP contribution in [0.25, 0.3) is 0 Å². The summed E-state index contributed by atoms with van der Waals surface area (Å²) in [6, 6.07) is 6.59. The fraction of sp³-hybridized carbons (Fsp3) is 0.400. The Kier molecular flexibility index (Phi) is 3.31. The number of anilines is 1. The van der Waals surface area contributed by atoms with Gasteiger partial charge in [0.25, 0.3) is 0 Å². The number of hydrogen-bond acceptors (Lipinski definition) is 3. The fourth-order valence-electron chi connectivity index (χ4n) is 1.84. The highest BCUT2D eigenvalue weighted by atomic mass is 35.5. The van der Waals surface area contributed by atoms with Crippen molar-refractivity contribution < 1.29 is 8.42 Å². The molecule has 17 heavy (non-hydrogen) atoms. The zero-order valence-corrected chi connectivity index (χ0v) is 10.9. The first-order valence-corrected chi connectivity index (χ1v) is 6.95. The molecule has 0 saturated carbocycles. The number of hydrogen-bond donors (Lipinski definition) is 1. The van der Waals surface area contributed by atoms with Gasteiger partial charge < -0.3 is 5.73 Å². The number of likely N-dealkylation sites (N-methyl/N-ethyl adjacent to an activating group) is 1. The van der Waals surface area contributed by atoms with E-state index in [0.29, 0.717) is 23.8 Å². The lowest BCUT2D eigenvalue weighted by Crippen LogP contribution is -2.36. The molecule has 1 aliphatic heterocycles. The first-order valence-electron chi connectivity index (χ1n) is 5.18. The average molecular weight is 276 g/mol. The van der Waals surface area contributed by atoms with Gasteiger partial charge in [0.15, 0.2) is 0 Å². The summed E-state index contributed by atoms with van der Waals surface area (Å²) in [5, 5.41) is 0.511. The van der Waals surface area contributed by atoms with Crippen LogP contribution in [0.3, 0.4) is 0 Å². The summed E-state index contributed by atoms with van der Waals surface area (Å²) in [7, 11) is -1.93. The van der Waals surface area contributed by atoms with Crippen LogP contribution in [0.1, 0.15) is 0 Å². The minimum atomic E-state index is -3.47. The summed E-state index contributed by atoms with van der Waals surface area (Å²) >= 11 is 5.86. The summed E-state index contributed by atoms with van der Waals surface area (Å²) in [5.41, 5.74) is 6.13. The average Bonchev–Trinajstić information content (AvgIpc) is 2.51. The third-order valence-corrected chi connectivity index (χ3v) is 5.08. The van der Waals surface area contributed by atoms with Crippen molar-refractivity contribution in [2.45, 2.75) is 6.04 Å². The molecule has 1 fully saturated rings. The lowest BCUT2D eigenvalue weighted by molar-refractivity contribution is 0.417. The van der Waals surface area contributed by atoms with Gasteiger partial charge in [-0.3, -0.25) is 4.31 Å². The second kappa shape index (κ2) is 4.45. The third kappa shape index (κ3) is 2.13. The van der Waals surface area contributed by atoms with Crippen LogP contribution in [0.2, 0.25) is 5.02 Å². The van der Waals surface area contributed by atoms with E-state index in [9.17, 15) is 8.42 Å². The molecule has 0 aromatic heterocycles. The fourth-order valence-corrected chi connectivity index (χ4v) is 3.60. The summed E-state index contributed by atoms with van der Waals surface area (Å²) in [6.45, 7) is 0.655. The van der Waals surface area contributed by atoms with Crippen molar-refractivity contribution in [1.82, 2.24) is 4.31 Å². The van der Waals surface area contributed by atoms with Crippen LogP contribution in [0.4, 0.5) is 5.69 Å². The molecule has 1 heterocycles. The zero-order valence-electron chi connectivity index (χ0n) is 9.38. The molecule has 0 amide bonds. The molecule has 1 unspecified atom stereocenters. The van der Waals surface area contributed by atoms with E-state index in [2.05, 4.69) is 0 Å². The van der Waals surface area contributed by atoms with Gasteiger partial charge in [0, 0.05) is 18.6 Å². The lowest BCUT2D eigenvalue weighted by atomic mass is 10.2. The van der Waals surface area contributed by atoms with Gasteiger partial charge in [-0.2, -0.15) is 12.7 Å². The number of rotatable bonds is 2. The van der Waals surface area contributed by atoms with E-state index in [-0.39, 0.29) is 6.04 Å². The van der Waals surface area contributed by atoms with Gasteiger partial charge in [0.1, 0.15) is 0 Å². The molecule has 0 spiro atoms. The highest BCUT2D eigenvalue weighted by Gasteiger charge is 2.40. The molecule has 1 aromatic carbocycles. The molecule has 1 saturated heterocycles. The van der Waals surface area contributed by atoms with Gasteiger partial charge in [-0.15, -0.1) is 0 Å². The normalized spacial score (nSPS) is 24.2.